The fraction of sp³-hybridized carbons (Fsp3) is 0.500. The van der Waals surface area contributed by atoms with Gasteiger partial charge in [0, 0.05) is 18.8 Å². The third kappa shape index (κ3) is 3.22. The average molecular weight is 208 g/mol. The molecule has 0 radical (unpaired) electrons. The Morgan fingerprint density at radius 3 is 2.47 bits per heavy atom. The molecule has 0 spiro atoms. The normalized spacial score (nSPS) is 10.3. The van der Waals surface area contributed by atoms with Crippen LogP contribution in [0.1, 0.15) is 19.4 Å². The Morgan fingerprint density at radius 2 is 1.87 bits per heavy atom. The van der Waals surface area contributed by atoms with E-state index in [9.17, 15) is 0 Å². The summed E-state index contributed by atoms with van der Waals surface area (Å²) >= 11 is 0. The van der Waals surface area contributed by atoms with Crippen LogP contribution in [-0.4, -0.2) is 19.7 Å². The molecule has 1 aromatic rings. The van der Waals surface area contributed by atoms with Gasteiger partial charge in [-0.15, -0.1) is 0 Å². The zero-order valence-electron chi connectivity index (χ0n) is 9.57. The van der Waals surface area contributed by atoms with Crippen molar-refractivity contribution in [3.8, 4) is 0 Å². The third-order valence-electron chi connectivity index (χ3n) is 2.58. The first-order valence-corrected chi connectivity index (χ1v) is 5.48. The van der Waals surface area contributed by atoms with Gasteiger partial charge in [0.15, 0.2) is 0 Å². The molecule has 0 heterocycles. The molecule has 0 fully saturated rings. The Morgan fingerprint density at radius 1 is 1.20 bits per heavy atom. The van der Waals surface area contributed by atoms with Gasteiger partial charge in [-0.3, -0.25) is 0 Å². The molecular weight excluding hydrogens is 188 g/mol. The van der Waals surface area contributed by atoms with Gasteiger partial charge < -0.3 is 9.74 Å². The minimum absolute atomic E-state index is 0.568. The Labute approximate surface area is 91.8 Å². The van der Waals surface area contributed by atoms with Crippen LogP contribution < -0.4 is 10.8 Å². The SMILES string of the molecule is CCN(CC)c1ccccc1CCON. The molecule has 3 heteroatoms. The van der Waals surface area contributed by atoms with Gasteiger partial charge in [0.25, 0.3) is 0 Å². The van der Waals surface area contributed by atoms with E-state index in [1.54, 1.807) is 0 Å². The van der Waals surface area contributed by atoms with Crippen molar-refractivity contribution >= 4 is 5.69 Å². The van der Waals surface area contributed by atoms with Crippen LogP contribution in [0.25, 0.3) is 0 Å². The molecule has 0 aliphatic rings. The molecule has 84 valence electrons. The summed E-state index contributed by atoms with van der Waals surface area (Å²) in [5.41, 5.74) is 2.59. The van der Waals surface area contributed by atoms with Gasteiger partial charge in [-0.1, -0.05) is 18.2 Å². The van der Waals surface area contributed by atoms with Gasteiger partial charge in [0.2, 0.25) is 0 Å². The largest absolute Gasteiger partial charge is 0.372 e. The predicted octanol–water partition coefficient (Wildman–Crippen LogP) is 1.97. The molecule has 0 saturated carbocycles. The van der Waals surface area contributed by atoms with Crippen molar-refractivity contribution in [1.29, 1.82) is 0 Å². The monoisotopic (exact) mass is 208 g/mol. The van der Waals surface area contributed by atoms with Gasteiger partial charge in [-0.25, -0.2) is 5.90 Å². The Hall–Kier alpha value is -1.06. The van der Waals surface area contributed by atoms with Crippen molar-refractivity contribution in [2.75, 3.05) is 24.6 Å². The summed E-state index contributed by atoms with van der Waals surface area (Å²) in [6.45, 7) is 6.95. The number of para-hydroxylation sites is 1. The molecule has 0 saturated heterocycles. The van der Waals surface area contributed by atoms with E-state index < -0.39 is 0 Å². The van der Waals surface area contributed by atoms with Crippen LogP contribution in [0.4, 0.5) is 5.69 Å². The van der Waals surface area contributed by atoms with Crippen molar-refractivity contribution in [2.24, 2.45) is 5.90 Å². The summed E-state index contributed by atoms with van der Waals surface area (Å²) in [7, 11) is 0. The summed E-state index contributed by atoms with van der Waals surface area (Å²) in [6.07, 6.45) is 0.864. The van der Waals surface area contributed by atoms with E-state index in [4.69, 9.17) is 5.90 Å². The van der Waals surface area contributed by atoms with E-state index in [1.165, 1.54) is 11.3 Å². The van der Waals surface area contributed by atoms with Crippen molar-refractivity contribution in [3.05, 3.63) is 29.8 Å². The van der Waals surface area contributed by atoms with E-state index in [0.717, 1.165) is 19.5 Å². The topological polar surface area (TPSA) is 38.5 Å². The van der Waals surface area contributed by atoms with Crippen molar-refractivity contribution in [1.82, 2.24) is 0 Å². The zero-order chi connectivity index (χ0) is 11.1. The summed E-state index contributed by atoms with van der Waals surface area (Å²) in [4.78, 5) is 6.97. The fourth-order valence-corrected chi connectivity index (χ4v) is 1.76. The molecule has 0 aromatic heterocycles. The Balaban J connectivity index is 2.84. The highest BCUT2D eigenvalue weighted by atomic mass is 16.6. The fourth-order valence-electron chi connectivity index (χ4n) is 1.76. The second-order valence-electron chi connectivity index (χ2n) is 3.42. The first-order valence-electron chi connectivity index (χ1n) is 5.48. The molecule has 0 amide bonds. The van der Waals surface area contributed by atoms with Crippen LogP contribution >= 0.6 is 0 Å². The van der Waals surface area contributed by atoms with Crippen molar-refractivity contribution < 1.29 is 4.84 Å². The van der Waals surface area contributed by atoms with E-state index >= 15 is 0 Å². The number of benzene rings is 1. The van der Waals surface area contributed by atoms with Crippen LogP contribution in [-0.2, 0) is 11.3 Å². The lowest BCUT2D eigenvalue weighted by Gasteiger charge is -2.24. The maximum Gasteiger partial charge on any atom is 0.0720 e. The molecule has 15 heavy (non-hydrogen) atoms. The van der Waals surface area contributed by atoms with E-state index in [1.807, 2.05) is 0 Å². The molecule has 1 rings (SSSR count). The number of hydrogen-bond donors (Lipinski definition) is 1. The first kappa shape index (κ1) is 12.0. The lowest BCUT2D eigenvalue weighted by molar-refractivity contribution is 0.141. The zero-order valence-corrected chi connectivity index (χ0v) is 9.57. The van der Waals surface area contributed by atoms with Gasteiger partial charge in [-0.2, -0.15) is 0 Å². The third-order valence-corrected chi connectivity index (χ3v) is 2.58. The molecule has 2 N–H and O–H groups in total. The van der Waals surface area contributed by atoms with E-state index in [0.29, 0.717) is 6.61 Å². The molecule has 1 aromatic carbocycles. The lowest BCUT2D eigenvalue weighted by atomic mass is 10.1. The van der Waals surface area contributed by atoms with Gasteiger partial charge in [-0.05, 0) is 31.9 Å². The summed E-state index contributed by atoms with van der Waals surface area (Å²) < 4.78 is 0. The van der Waals surface area contributed by atoms with Crippen LogP contribution in [0.2, 0.25) is 0 Å². The van der Waals surface area contributed by atoms with Crippen LogP contribution in [0.5, 0.6) is 0 Å². The predicted molar refractivity (Wildman–Crippen MR) is 63.8 cm³/mol. The highest BCUT2D eigenvalue weighted by Crippen LogP contribution is 2.20. The number of rotatable bonds is 6. The molecule has 0 aliphatic heterocycles. The molecule has 3 nitrogen and oxygen atoms in total. The molecule has 0 bridgehead atoms. The Kier molecular flexibility index (Phi) is 5.15. The number of anilines is 1. The molecule has 0 unspecified atom stereocenters. The standard InChI is InChI=1S/C12H20N2O/c1-3-14(4-2)12-8-6-5-7-11(12)9-10-15-13/h5-8H,3-4,9-10,13H2,1-2H3. The van der Waals surface area contributed by atoms with Gasteiger partial charge >= 0.3 is 0 Å². The quantitative estimate of drug-likeness (QED) is 0.726. The van der Waals surface area contributed by atoms with E-state index in [2.05, 4.69) is 47.9 Å². The minimum atomic E-state index is 0.568. The number of nitrogens with two attached hydrogens (primary N) is 1. The Bertz CT molecular complexity index is 285. The lowest BCUT2D eigenvalue weighted by Crippen LogP contribution is -2.23. The van der Waals surface area contributed by atoms with Crippen LogP contribution in [0.3, 0.4) is 0 Å². The summed E-state index contributed by atoms with van der Waals surface area (Å²) in [5, 5.41) is 0. The number of hydrogen-bond acceptors (Lipinski definition) is 3. The van der Waals surface area contributed by atoms with Crippen molar-refractivity contribution in [2.45, 2.75) is 20.3 Å². The highest BCUT2D eigenvalue weighted by molar-refractivity contribution is 5.53. The summed E-state index contributed by atoms with van der Waals surface area (Å²) in [5.74, 6) is 5.05. The smallest absolute Gasteiger partial charge is 0.0720 e. The van der Waals surface area contributed by atoms with Crippen LogP contribution in [0, 0.1) is 0 Å². The van der Waals surface area contributed by atoms with Crippen LogP contribution in [0.15, 0.2) is 24.3 Å². The van der Waals surface area contributed by atoms with Crippen molar-refractivity contribution in [3.63, 3.8) is 0 Å². The second kappa shape index (κ2) is 6.43. The first-order chi connectivity index (χ1) is 7.33. The van der Waals surface area contributed by atoms with Gasteiger partial charge in [0.1, 0.15) is 0 Å². The van der Waals surface area contributed by atoms with E-state index in [-0.39, 0.29) is 0 Å². The minimum Gasteiger partial charge on any atom is -0.372 e. The number of nitrogens with zero attached hydrogens (tertiary/aromatic N) is 1. The average Bonchev–Trinajstić information content (AvgIpc) is 2.29. The molecule has 0 atom stereocenters. The molecule has 0 aliphatic carbocycles. The summed E-state index contributed by atoms with van der Waals surface area (Å²) in [6, 6.07) is 8.41. The maximum absolute atomic E-state index is 5.05. The maximum atomic E-state index is 5.05. The molecular formula is C12H20N2O. The second-order valence-corrected chi connectivity index (χ2v) is 3.42. The van der Waals surface area contributed by atoms with Gasteiger partial charge in [0.05, 0.1) is 6.61 Å². The highest BCUT2D eigenvalue weighted by Gasteiger charge is 2.06.